The number of para-hydroxylation sites is 2. The van der Waals surface area contributed by atoms with E-state index in [4.69, 9.17) is 4.74 Å². The lowest BCUT2D eigenvalue weighted by Crippen LogP contribution is -2.44. The molecule has 0 saturated heterocycles. The van der Waals surface area contributed by atoms with Gasteiger partial charge in [0.25, 0.3) is 5.91 Å². The molecule has 2 aromatic carbocycles. The molecule has 0 fully saturated rings. The minimum Gasteiger partial charge on any atom is -0.484 e. The van der Waals surface area contributed by atoms with Gasteiger partial charge >= 0.3 is 0 Å². The Balaban J connectivity index is 1.67. The van der Waals surface area contributed by atoms with Crippen molar-refractivity contribution in [2.45, 2.75) is 0 Å². The number of sulfonamides is 1. The molecule has 1 N–H and O–H groups in total. The number of hydrogen-bond donors (Lipinski definition) is 1. The number of fused-ring (bicyclic) bond motifs is 1. The summed E-state index contributed by atoms with van der Waals surface area (Å²) in [6.07, 6.45) is 1.11. The SMILES string of the molecule is CN(c1ccc(OCC(=O)N2CC(=O)Nc3ccccc32)cc1)S(C)(=O)=O. The predicted molar refractivity (Wildman–Crippen MR) is 103 cm³/mol. The predicted octanol–water partition coefficient (Wildman–Crippen LogP) is 1.45. The number of amides is 2. The maximum Gasteiger partial charge on any atom is 0.265 e. The van der Waals surface area contributed by atoms with Crippen molar-refractivity contribution in [3.8, 4) is 5.75 Å². The molecule has 0 atom stereocenters. The molecule has 0 spiro atoms. The number of hydrogen-bond acceptors (Lipinski definition) is 5. The fraction of sp³-hybridized carbons (Fsp3) is 0.222. The van der Waals surface area contributed by atoms with Crippen LogP contribution in [-0.2, 0) is 19.6 Å². The molecule has 0 unspecified atom stereocenters. The van der Waals surface area contributed by atoms with E-state index in [9.17, 15) is 18.0 Å². The van der Waals surface area contributed by atoms with Crippen LogP contribution in [0.1, 0.15) is 0 Å². The molecule has 2 amide bonds. The lowest BCUT2D eigenvalue weighted by Gasteiger charge is -2.29. The van der Waals surface area contributed by atoms with Gasteiger partial charge in [-0.05, 0) is 36.4 Å². The summed E-state index contributed by atoms with van der Waals surface area (Å²) in [5, 5.41) is 2.72. The zero-order valence-electron chi connectivity index (χ0n) is 14.9. The summed E-state index contributed by atoms with van der Waals surface area (Å²) < 4.78 is 29.7. The maximum atomic E-state index is 12.5. The summed E-state index contributed by atoms with van der Waals surface area (Å²) in [4.78, 5) is 25.7. The van der Waals surface area contributed by atoms with E-state index in [1.54, 1.807) is 48.5 Å². The number of anilines is 3. The molecule has 0 saturated carbocycles. The quantitative estimate of drug-likeness (QED) is 0.835. The second kappa shape index (κ2) is 7.28. The van der Waals surface area contributed by atoms with Gasteiger partial charge < -0.3 is 10.1 Å². The van der Waals surface area contributed by atoms with Crippen molar-refractivity contribution in [1.82, 2.24) is 0 Å². The molecule has 0 aliphatic carbocycles. The topological polar surface area (TPSA) is 96.0 Å². The van der Waals surface area contributed by atoms with Crippen LogP contribution >= 0.6 is 0 Å². The van der Waals surface area contributed by atoms with E-state index in [2.05, 4.69) is 5.32 Å². The number of benzene rings is 2. The van der Waals surface area contributed by atoms with Gasteiger partial charge in [0.1, 0.15) is 12.3 Å². The molecule has 3 rings (SSSR count). The first-order valence-electron chi connectivity index (χ1n) is 8.12. The molecule has 1 heterocycles. The number of carbonyl (C=O) groups is 2. The molecule has 8 nitrogen and oxygen atoms in total. The molecule has 142 valence electrons. The Morgan fingerprint density at radius 1 is 1.19 bits per heavy atom. The van der Waals surface area contributed by atoms with Crippen molar-refractivity contribution in [1.29, 1.82) is 0 Å². The molecule has 1 aliphatic heterocycles. The van der Waals surface area contributed by atoms with Crippen LogP contribution in [0.2, 0.25) is 0 Å². The fourth-order valence-electron chi connectivity index (χ4n) is 2.62. The highest BCUT2D eigenvalue weighted by atomic mass is 32.2. The van der Waals surface area contributed by atoms with Gasteiger partial charge in [0.15, 0.2) is 6.61 Å². The highest BCUT2D eigenvalue weighted by Crippen LogP contribution is 2.29. The second-order valence-corrected chi connectivity index (χ2v) is 8.07. The summed E-state index contributed by atoms with van der Waals surface area (Å²) in [7, 11) is -1.90. The van der Waals surface area contributed by atoms with Crippen LogP contribution in [0.15, 0.2) is 48.5 Å². The first kappa shape index (κ1) is 18.7. The Bertz CT molecular complexity index is 973. The van der Waals surface area contributed by atoms with Crippen molar-refractivity contribution in [3.63, 3.8) is 0 Å². The third-order valence-corrected chi connectivity index (χ3v) is 5.34. The third kappa shape index (κ3) is 4.20. The van der Waals surface area contributed by atoms with Gasteiger partial charge in [-0.3, -0.25) is 18.8 Å². The van der Waals surface area contributed by atoms with Crippen LogP contribution in [0.4, 0.5) is 17.1 Å². The van der Waals surface area contributed by atoms with Gasteiger partial charge in [0, 0.05) is 7.05 Å². The first-order valence-corrected chi connectivity index (χ1v) is 9.96. The average Bonchev–Trinajstić information content (AvgIpc) is 2.64. The average molecular weight is 389 g/mol. The summed E-state index contributed by atoms with van der Waals surface area (Å²) in [6, 6.07) is 13.4. The molecule has 0 radical (unpaired) electrons. The monoisotopic (exact) mass is 389 g/mol. The molecule has 9 heteroatoms. The third-order valence-electron chi connectivity index (χ3n) is 4.13. The number of nitrogens with one attached hydrogen (secondary N) is 1. The zero-order chi connectivity index (χ0) is 19.6. The lowest BCUT2D eigenvalue weighted by molar-refractivity contribution is -0.123. The maximum absolute atomic E-state index is 12.5. The van der Waals surface area contributed by atoms with Crippen LogP contribution in [0.25, 0.3) is 0 Å². The van der Waals surface area contributed by atoms with Crippen LogP contribution in [0, 0.1) is 0 Å². The van der Waals surface area contributed by atoms with Crippen LogP contribution in [-0.4, -0.2) is 46.7 Å². The van der Waals surface area contributed by atoms with E-state index in [-0.39, 0.29) is 25.0 Å². The Morgan fingerprint density at radius 2 is 1.85 bits per heavy atom. The second-order valence-electron chi connectivity index (χ2n) is 6.06. The van der Waals surface area contributed by atoms with Crippen LogP contribution in [0.5, 0.6) is 5.75 Å². The van der Waals surface area contributed by atoms with Gasteiger partial charge in [0.05, 0.1) is 23.3 Å². The molecule has 2 aromatic rings. The van der Waals surface area contributed by atoms with Gasteiger partial charge in [0.2, 0.25) is 15.9 Å². The van der Waals surface area contributed by atoms with Gasteiger partial charge in [-0.1, -0.05) is 12.1 Å². The smallest absolute Gasteiger partial charge is 0.265 e. The minimum atomic E-state index is -3.35. The largest absolute Gasteiger partial charge is 0.484 e. The molecule has 27 heavy (non-hydrogen) atoms. The molecule has 1 aliphatic rings. The summed E-state index contributed by atoms with van der Waals surface area (Å²) >= 11 is 0. The zero-order valence-corrected chi connectivity index (χ0v) is 15.7. The fourth-order valence-corrected chi connectivity index (χ4v) is 3.13. The first-order chi connectivity index (χ1) is 12.8. The van der Waals surface area contributed by atoms with E-state index in [1.165, 1.54) is 11.9 Å². The minimum absolute atomic E-state index is 0.0721. The van der Waals surface area contributed by atoms with Gasteiger partial charge in [-0.2, -0.15) is 0 Å². The van der Waals surface area contributed by atoms with E-state index in [1.807, 2.05) is 0 Å². The lowest BCUT2D eigenvalue weighted by atomic mass is 10.2. The van der Waals surface area contributed by atoms with Crippen LogP contribution < -0.4 is 19.3 Å². The van der Waals surface area contributed by atoms with E-state index in [0.717, 1.165) is 10.6 Å². The number of ether oxygens (including phenoxy) is 1. The normalized spacial score (nSPS) is 13.6. The number of carbonyl (C=O) groups excluding carboxylic acids is 2. The number of rotatable bonds is 5. The van der Waals surface area contributed by atoms with Gasteiger partial charge in [-0.25, -0.2) is 8.42 Å². The van der Waals surface area contributed by atoms with Crippen molar-refractivity contribution in [2.24, 2.45) is 0 Å². The van der Waals surface area contributed by atoms with Gasteiger partial charge in [-0.15, -0.1) is 0 Å². The Labute approximate surface area is 157 Å². The van der Waals surface area contributed by atoms with Crippen molar-refractivity contribution in [2.75, 3.05) is 41.0 Å². The van der Waals surface area contributed by atoms with E-state index in [0.29, 0.717) is 22.8 Å². The highest BCUT2D eigenvalue weighted by molar-refractivity contribution is 7.92. The van der Waals surface area contributed by atoms with Crippen LogP contribution in [0.3, 0.4) is 0 Å². The summed E-state index contributed by atoms with van der Waals surface area (Å²) in [5.41, 5.74) is 1.68. The Hall–Kier alpha value is -3.07. The summed E-state index contributed by atoms with van der Waals surface area (Å²) in [6.45, 7) is -0.319. The standard InChI is InChI=1S/C18H19N3O5S/c1-20(27(2,24)25)13-7-9-14(10-8-13)26-12-18(23)21-11-17(22)19-15-5-3-4-6-16(15)21/h3-10H,11-12H2,1-2H3,(H,19,22). The van der Waals surface area contributed by atoms with Crippen molar-refractivity contribution in [3.05, 3.63) is 48.5 Å². The Morgan fingerprint density at radius 3 is 2.52 bits per heavy atom. The molecule has 0 bridgehead atoms. The summed E-state index contributed by atoms with van der Waals surface area (Å²) in [5.74, 6) is -0.200. The molecular weight excluding hydrogens is 370 g/mol. The highest BCUT2D eigenvalue weighted by Gasteiger charge is 2.26. The van der Waals surface area contributed by atoms with Crippen molar-refractivity contribution >= 4 is 38.9 Å². The van der Waals surface area contributed by atoms with Crippen molar-refractivity contribution < 1.29 is 22.7 Å². The molecular formula is C18H19N3O5S. The van der Waals surface area contributed by atoms with E-state index < -0.39 is 10.0 Å². The Kier molecular flexibility index (Phi) is 5.04. The molecule has 0 aromatic heterocycles. The number of nitrogens with zero attached hydrogens (tertiary/aromatic N) is 2. The van der Waals surface area contributed by atoms with E-state index >= 15 is 0 Å².